The maximum absolute atomic E-state index is 12.3. The predicted molar refractivity (Wildman–Crippen MR) is 92.2 cm³/mol. The lowest BCUT2D eigenvalue weighted by Crippen LogP contribution is -2.61. The molecular weight excluding hydrogens is 322 g/mol. The molecule has 0 saturated carbocycles. The van der Waals surface area contributed by atoms with Gasteiger partial charge in [-0.05, 0) is 50.0 Å². The number of nitrogens with one attached hydrogen (secondary N) is 2. The van der Waals surface area contributed by atoms with Crippen LogP contribution >= 0.6 is 0 Å². The smallest absolute Gasteiger partial charge is 0.267 e. The molecule has 0 aliphatic rings. The van der Waals surface area contributed by atoms with Gasteiger partial charge >= 0.3 is 0 Å². The van der Waals surface area contributed by atoms with Crippen LogP contribution in [-0.2, 0) is 4.79 Å². The summed E-state index contributed by atoms with van der Waals surface area (Å²) >= 11 is 0. The molecule has 25 heavy (non-hydrogen) atoms. The van der Waals surface area contributed by atoms with Crippen molar-refractivity contribution in [2.45, 2.75) is 31.8 Å². The number of benzene rings is 1. The van der Waals surface area contributed by atoms with E-state index in [2.05, 4.69) is 29.0 Å². The van der Waals surface area contributed by atoms with Gasteiger partial charge in [0.25, 0.3) is 11.8 Å². The lowest BCUT2D eigenvalue weighted by atomic mass is 9.95. The molecule has 7 nitrogen and oxygen atoms in total. The minimum atomic E-state index is -1.11. The van der Waals surface area contributed by atoms with Crippen molar-refractivity contribution in [3.8, 4) is 23.7 Å². The summed E-state index contributed by atoms with van der Waals surface area (Å²) in [5.41, 5.74) is 7.27. The largest absolute Gasteiger partial charge is 0.395 e. The van der Waals surface area contributed by atoms with Crippen LogP contribution in [0.4, 0.5) is 0 Å². The Morgan fingerprint density at radius 1 is 1.24 bits per heavy atom. The average molecular weight is 343 g/mol. The highest BCUT2D eigenvalue weighted by Crippen LogP contribution is 2.08. The first-order chi connectivity index (χ1) is 11.8. The Balaban J connectivity index is 2.83. The summed E-state index contributed by atoms with van der Waals surface area (Å²) in [4.78, 5) is 23.9. The molecule has 0 aromatic heterocycles. The summed E-state index contributed by atoms with van der Waals surface area (Å²) < 4.78 is 0. The molecule has 0 aliphatic heterocycles. The first kappa shape index (κ1) is 20.2. The van der Waals surface area contributed by atoms with E-state index >= 15 is 0 Å². The van der Waals surface area contributed by atoms with Crippen molar-refractivity contribution in [2.24, 2.45) is 5.73 Å². The number of aliphatic hydroxyl groups excluding tert-OH is 1. The molecule has 1 aromatic rings. The fourth-order valence-corrected chi connectivity index (χ4v) is 1.84. The molecule has 2 amide bonds. The van der Waals surface area contributed by atoms with Gasteiger partial charge < -0.3 is 16.2 Å². The van der Waals surface area contributed by atoms with Gasteiger partial charge in [0.1, 0.15) is 6.04 Å². The fraction of sp³-hybridized carbons (Fsp3) is 0.333. The van der Waals surface area contributed by atoms with Crippen LogP contribution in [0.5, 0.6) is 0 Å². The van der Waals surface area contributed by atoms with Crippen LogP contribution in [0.25, 0.3) is 0 Å². The minimum absolute atomic E-state index is 0.00656. The van der Waals surface area contributed by atoms with E-state index in [1.807, 2.05) is 0 Å². The highest BCUT2D eigenvalue weighted by atomic mass is 16.5. The Morgan fingerprint density at radius 2 is 1.88 bits per heavy atom. The SMILES string of the molecule is CC(C)(N)C(NC(=O)c1ccc(C#CC#CCCO)cc1)C(=O)NO. The van der Waals surface area contributed by atoms with Crippen LogP contribution in [0, 0.1) is 23.7 Å². The van der Waals surface area contributed by atoms with Crippen molar-refractivity contribution in [3.63, 3.8) is 0 Å². The zero-order valence-corrected chi connectivity index (χ0v) is 14.1. The van der Waals surface area contributed by atoms with E-state index < -0.39 is 23.4 Å². The second-order valence-corrected chi connectivity index (χ2v) is 5.81. The zero-order chi connectivity index (χ0) is 18.9. The van der Waals surface area contributed by atoms with Crippen LogP contribution in [0.1, 0.15) is 36.2 Å². The molecule has 0 fully saturated rings. The van der Waals surface area contributed by atoms with E-state index in [0.29, 0.717) is 17.5 Å². The molecular formula is C18H21N3O4. The Kier molecular flexibility index (Phi) is 7.64. The molecule has 7 heteroatoms. The molecule has 0 bridgehead atoms. The maximum Gasteiger partial charge on any atom is 0.267 e. The summed E-state index contributed by atoms with van der Waals surface area (Å²) in [6.45, 7) is 3.11. The number of amides is 2. The highest BCUT2D eigenvalue weighted by Gasteiger charge is 2.33. The van der Waals surface area contributed by atoms with Crippen molar-refractivity contribution < 1.29 is 19.9 Å². The number of hydrogen-bond donors (Lipinski definition) is 5. The Labute approximate surface area is 146 Å². The van der Waals surface area contributed by atoms with Gasteiger partial charge in [-0.25, -0.2) is 5.48 Å². The molecule has 1 unspecified atom stereocenters. The summed E-state index contributed by atoms with van der Waals surface area (Å²) in [5, 5.41) is 19.9. The summed E-state index contributed by atoms with van der Waals surface area (Å²) in [6.07, 6.45) is 0.369. The molecule has 0 saturated heterocycles. The molecule has 132 valence electrons. The van der Waals surface area contributed by atoms with Crippen molar-refractivity contribution in [2.75, 3.05) is 6.61 Å². The van der Waals surface area contributed by atoms with Gasteiger partial charge in [-0.1, -0.05) is 11.8 Å². The lowest BCUT2D eigenvalue weighted by Gasteiger charge is -2.29. The normalized spacial score (nSPS) is 11.2. The lowest BCUT2D eigenvalue weighted by molar-refractivity contribution is -0.132. The topological polar surface area (TPSA) is 125 Å². The minimum Gasteiger partial charge on any atom is -0.395 e. The van der Waals surface area contributed by atoms with Gasteiger partial charge in [0, 0.05) is 23.1 Å². The summed E-state index contributed by atoms with van der Waals surface area (Å²) in [5.74, 6) is 9.42. The number of carbonyl (C=O) groups excluding carboxylic acids is 2. The summed E-state index contributed by atoms with van der Waals surface area (Å²) in [7, 11) is 0. The van der Waals surface area contributed by atoms with Crippen LogP contribution in [0.15, 0.2) is 24.3 Å². The molecule has 1 aromatic carbocycles. The monoisotopic (exact) mass is 343 g/mol. The second kappa shape index (κ2) is 9.45. The quantitative estimate of drug-likeness (QED) is 0.287. The number of rotatable bonds is 5. The Morgan fingerprint density at radius 3 is 2.40 bits per heavy atom. The van der Waals surface area contributed by atoms with Gasteiger partial charge in [0.05, 0.1) is 6.61 Å². The molecule has 0 heterocycles. The third-order valence-electron chi connectivity index (χ3n) is 3.13. The zero-order valence-electron chi connectivity index (χ0n) is 14.1. The first-order valence-electron chi connectivity index (χ1n) is 7.53. The second-order valence-electron chi connectivity index (χ2n) is 5.81. The van der Waals surface area contributed by atoms with Gasteiger partial charge in [0.2, 0.25) is 0 Å². The highest BCUT2D eigenvalue weighted by molar-refractivity contribution is 5.97. The standard InChI is InChI=1S/C18H21N3O4/c1-18(2,19)15(17(24)21-25)20-16(23)14-10-8-13(9-11-14)7-5-3-4-6-12-22/h8-11,15,22,25H,6,12,19H2,1-2H3,(H,20,23)(H,21,24). The van der Waals surface area contributed by atoms with Crippen LogP contribution in [0.2, 0.25) is 0 Å². The summed E-state index contributed by atoms with van der Waals surface area (Å²) in [6, 6.07) is 5.29. The van der Waals surface area contributed by atoms with Gasteiger partial charge in [-0.2, -0.15) is 0 Å². The number of hydroxylamine groups is 1. The number of aliphatic hydroxyl groups is 1. The van der Waals surface area contributed by atoms with E-state index in [9.17, 15) is 9.59 Å². The maximum atomic E-state index is 12.3. The van der Waals surface area contributed by atoms with Crippen molar-refractivity contribution in [1.29, 1.82) is 0 Å². The van der Waals surface area contributed by atoms with E-state index in [1.54, 1.807) is 38.1 Å². The van der Waals surface area contributed by atoms with Crippen molar-refractivity contribution >= 4 is 11.8 Å². The Bertz CT molecular complexity index is 728. The van der Waals surface area contributed by atoms with Crippen molar-refractivity contribution in [1.82, 2.24) is 10.8 Å². The van der Waals surface area contributed by atoms with Gasteiger partial charge in [-0.3, -0.25) is 14.8 Å². The van der Waals surface area contributed by atoms with E-state index in [0.717, 1.165) is 0 Å². The molecule has 1 rings (SSSR count). The predicted octanol–water partition coefficient (Wildman–Crippen LogP) is -0.235. The van der Waals surface area contributed by atoms with Gasteiger partial charge in [0.15, 0.2) is 0 Å². The van der Waals surface area contributed by atoms with E-state index in [-0.39, 0.29) is 6.61 Å². The molecule has 1 atom stereocenters. The Hall–Kier alpha value is -2.84. The average Bonchev–Trinajstić information content (AvgIpc) is 2.58. The molecule has 0 aliphatic carbocycles. The van der Waals surface area contributed by atoms with Gasteiger partial charge in [-0.15, -0.1) is 0 Å². The number of hydrogen-bond acceptors (Lipinski definition) is 5. The van der Waals surface area contributed by atoms with Crippen LogP contribution in [0.3, 0.4) is 0 Å². The van der Waals surface area contributed by atoms with Crippen molar-refractivity contribution in [3.05, 3.63) is 35.4 Å². The molecule has 6 N–H and O–H groups in total. The van der Waals surface area contributed by atoms with Crippen LogP contribution in [-0.4, -0.2) is 40.3 Å². The van der Waals surface area contributed by atoms with Crippen LogP contribution < -0.4 is 16.5 Å². The molecule has 0 radical (unpaired) electrons. The number of carbonyl (C=O) groups is 2. The van der Waals surface area contributed by atoms with E-state index in [1.165, 1.54) is 5.48 Å². The third kappa shape index (κ3) is 6.66. The fourth-order valence-electron chi connectivity index (χ4n) is 1.84. The third-order valence-corrected chi connectivity index (χ3v) is 3.13. The van der Waals surface area contributed by atoms with E-state index in [4.69, 9.17) is 16.0 Å². The molecule has 0 spiro atoms. The number of nitrogens with two attached hydrogens (primary N) is 1. The first-order valence-corrected chi connectivity index (χ1v) is 7.53.